The Kier molecular flexibility index (Phi) is 7.52. The SMILES string of the molecule is CCC(C(=O)NC(C(=O)Nc1nnc(-c2ccc(C)cc2)s1)C(C)C)c1ccccc1. The van der Waals surface area contributed by atoms with Gasteiger partial charge in [0, 0.05) is 5.56 Å². The molecule has 162 valence electrons. The van der Waals surface area contributed by atoms with Crippen LogP contribution in [-0.2, 0) is 9.59 Å². The Balaban J connectivity index is 1.69. The molecule has 6 nitrogen and oxygen atoms in total. The average Bonchev–Trinajstić information content (AvgIpc) is 3.22. The number of carbonyl (C=O) groups is 2. The van der Waals surface area contributed by atoms with Gasteiger partial charge in [0.1, 0.15) is 11.0 Å². The van der Waals surface area contributed by atoms with Gasteiger partial charge in [-0.05, 0) is 24.8 Å². The fraction of sp³-hybridized carbons (Fsp3) is 0.333. The minimum absolute atomic E-state index is 0.0817. The Morgan fingerprint density at radius 2 is 1.65 bits per heavy atom. The van der Waals surface area contributed by atoms with Crippen molar-refractivity contribution >= 4 is 28.3 Å². The van der Waals surface area contributed by atoms with E-state index in [9.17, 15) is 9.59 Å². The molecule has 0 spiro atoms. The van der Waals surface area contributed by atoms with E-state index in [1.807, 2.05) is 82.3 Å². The van der Waals surface area contributed by atoms with Crippen LogP contribution in [0.3, 0.4) is 0 Å². The summed E-state index contributed by atoms with van der Waals surface area (Å²) in [5.41, 5.74) is 3.06. The van der Waals surface area contributed by atoms with E-state index in [1.165, 1.54) is 11.3 Å². The second kappa shape index (κ2) is 10.3. The van der Waals surface area contributed by atoms with Gasteiger partial charge in [-0.1, -0.05) is 92.3 Å². The van der Waals surface area contributed by atoms with Crippen molar-refractivity contribution in [2.75, 3.05) is 5.32 Å². The second-order valence-electron chi connectivity index (χ2n) is 7.87. The first-order valence-electron chi connectivity index (χ1n) is 10.5. The number of hydrogen-bond donors (Lipinski definition) is 2. The Morgan fingerprint density at radius 3 is 2.26 bits per heavy atom. The predicted molar refractivity (Wildman–Crippen MR) is 125 cm³/mol. The molecule has 7 heteroatoms. The zero-order valence-corrected chi connectivity index (χ0v) is 19.1. The minimum Gasteiger partial charge on any atom is -0.344 e. The van der Waals surface area contributed by atoms with Crippen LogP contribution in [0.25, 0.3) is 10.6 Å². The molecule has 2 N–H and O–H groups in total. The molecule has 0 bridgehead atoms. The summed E-state index contributed by atoms with van der Waals surface area (Å²) in [5.74, 6) is -0.829. The topological polar surface area (TPSA) is 84.0 Å². The monoisotopic (exact) mass is 436 g/mol. The van der Waals surface area contributed by atoms with Crippen LogP contribution in [0.2, 0.25) is 0 Å². The summed E-state index contributed by atoms with van der Waals surface area (Å²) in [6, 6.07) is 16.9. The quantitative estimate of drug-likeness (QED) is 0.532. The zero-order chi connectivity index (χ0) is 22.4. The molecule has 0 aliphatic heterocycles. The fourth-order valence-corrected chi connectivity index (χ4v) is 4.07. The molecule has 2 atom stereocenters. The highest BCUT2D eigenvalue weighted by molar-refractivity contribution is 7.18. The third kappa shape index (κ3) is 5.76. The molecule has 2 amide bonds. The van der Waals surface area contributed by atoms with E-state index in [4.69, 9.17) is 0 Å². The normalized spacial score (nSPS) is 12.9. The standard InChI is InChI=1S/C24H28N4O2S/c1-5-19(17-9-7-6-8-10-17)21(29)25-20(15(2)3)22(30)26-24-28-27-23(31-24)18-13-11-16(4)12-14-18/h6-15,19-20H,5H2,1-4H3,(H,25,29)(H,26,28,30). The Bertz CT molecular complexity index is 1020. The van der Waals surface area contributed by atoms with Crippen LogP contribution in [0.1, 0.15) is 44.2 Å². The third-order valence-corrected chi connectivity index (χ3v) is 6.01. The maximum absolute atomic E-state index is 12.9. The Morgan fingerprint density at radius 1 is 0.968 bits per heavy atom. The number of amides is 2. The molecule has 2 aromatic carbocycles. The van der Waals surface area contributed by atoms with Crippen molar-refractivity contribution in [3.05, 3.63) is 65.7 Å². The van der Waals surface area contributed by atoms with Gasteiger partial charge in [-0.25, -0.2) is 0 Å². The summed E-state index contributed by atoms with van der Waals surface area (Å²) in [4.78, 5) is 25.9. The van der Waals surface area contributed by atoms with Crippen molar-refractivity contribution in [1.29, 1.82) is 0 Å². The summed E-state index contributed by atoms with van der Waals surface area (Å²) >= 11 is 1.31. The summed E-state index contributed by atoms with van der Waals surface area (Å²) in [6.45, 7) is 7.81. The molecule has 3 rings (SSSR count). The smallest absolute Gasteiger partial charge is 0.249 e. The van der Waals surface area contributed by atoms with E-state index in [0.717, 1.165) is 21.7 Å². The number of rotatable bonds is 8. The van der Waals surface area contributed by atoms with Gasteiger partial charge in [-0.3, -0.25) is 14.9 Å². The van der Waals surface area contributed by atoms with Crippen molar-refractivity contribution in [3.63, 3.8) is 0 Å². The first kappa shape index (κ1) is 22.6. The number of nitrogens with one attached hydrogen (secondary N) is 2. The van der Waals surface area contributed by atoms with Crippen molar-refractivity contribution in [3.8, 4) is 10.6 Å². The van der Waals surface area contributed by atoms with Crippen LogP contribution < -0.4 is 10.6 Å². The lowest BCUT2D eigenvalue weighted by atomic mass is 9.94. The fourth-order valence-electron chi connectivity index (χ4n) is 3.32. The highest BCUT2D eigenvalue weighted by Gasteiger charge is 2.28. The van der Waals surface area contributed by atoms with Gasteiger partial charge in [-0.2, -0.15) is 0 Å². The van der Waals surface area contributed by atoms with Gasteiger partial charge in [0.15, 0.2) is 0 Å². The molecule has 31 heavy (non-hydrogen) atoms. The van der Waals surface area contributed by atoms with Crippen molar-refractivity contribution in [2.24, 2.45) is 5.92 Å². The van der Waals surface area contributed by atoms with E-state index in [0.29, 0.717) is 11.6 Å². The molecule has 0 radical (unpaired) electrons. The highest BCUT2D eigenvalue weighted by Crippen LogP contribution is 2.27. The van der Waals surface area contributed by atoms with E-state index >= 15 is 0 Å². The maximum atomic E-state index is 12.9. The first-order valence-corrected chi connectivity index (χ1v) is 11.3. The van der Waals surface area contributed by atoms with Crippen LogP contribution in [0.4, 0.5) is 5.13 Å². The number of hydrogen-bond acceptors (Lipinski definition) is 5. The van der Waals surface area contributed by atoms with E-state index < -0.39 is 6.04 Å². The van der Waals surface area contributed by atoms with Crippen LogP contribution in [0, 0.1) is 12.8 Å². The average molecular weight is 437 g/mol. The molecule has 0 aliphatic rings. The van der Waals surface area contributed by atoms with Gasteiger partial charge in [0.05, 0.1) is 5.92 Å². The highest BCUT2D eigenvalue weighted by atomic mass is 32.1. The number of benzene rings is 2. The largest absolute Gasteiger partial charge is 0.344 e. The molecule has 0 fully saturated rings. The Hall–Kier alpha value is -3.06. The van der Waals surface area contributed by atoms with Gasteiger partial charge < -0.3 is 5.32 Å². The number of nitrogens with zero attached hydrogens (tertiary/aromatic N) is 2. The van der Waals surface area contributed by atoms with Crippen molar-refractivity contribution in [1.82, 2.24) is 15.5 Å². The molecule has 0 aliphatic carbocycles. The van der Waals surface area contributed by atoms with E-state index in [-0.39, 0.29) is 23.7 Å². The van der Waals surface area contributed by atoms with Gasteiger partial charge in [0.25, 0.3) is 0 Å². The van der Waals surface area contributed by atoms with Crippen LogP contribution in [-0.4, -0.2) is 28.1 Å². The maximum Gasteiger partial charge on any atom is 0.249 e. The lowest BCUT2D eigenvalue weighted by molar-refractivity contribution is -0.128. The predicted octanol–water partition coefficient (Wildman–Crippen LogP) is 4.79. The van der Waals surface area contributed by atoms with E-state index in [2.05, 4.69) is 20.8 Å². The third-order valence-electron chi connectivity index (χ3n) is 5.13. The van der Waals surface area contributed by atoms with Gasteiger partial charge in [0.2, 0.25) is 16.9 Å². The molecule has 0 saturated heterocycles. The number of carbonyl (C=O) groups excluding carboxylic acids is 2. The van der Waals surface area contributed by atoms with Crippen LogP contribution in [0.15, 0.2) is 54.6 Å². The molecular weight excluding hydrogens is 408 g/mol. The molecular formula is C24H28N4O2S. The summed E-state index contributed by atoms with van der Waals surface area (Å²) in [7, 11) is 0. The number of anilines is 1. The van der Waals surface area contributed by atoms with Crippen LogP contribution >= 0.6 is 11.3 Å². The van der Waals surface area contributed by atoms with Crippen molar-refractivity contribution < 1.29 is 9.59 Å². The molecule has 0 saturated carbocycles. The van der Waals surface area contributed by atoms with Gasteiger partial charge in [-0.15, -0.1) is 10.2 Å². The number of aryl methyl sites for hydroxylation is 1. The van der Waals surface area contributed by atoms with Crippen molar-refractivity contribution in [2.45, 2.75) is 46.1 Å². The second-order valence-corrected chi connectivity index (χ2v) is 8.85. The summed E-state index contributed by atoms with van der Waals surface area (Å²) in [5, 5.41) is 15.2. The lowest BCUT2D eigenvalue weighted by Gasteiger charge is -2.24. The van der Waals surface area contributed by atoms with Gasteiger partial charge >= 0.3 is 0 Å². The zero-order valence-electron chi connectivity index (χ0n) is 18.3. The molecule has 2 unspecified atom stereocenters. The molecule has 1 heterocycles. The summed E-state index contributed by atoms with van der Waals surface area (Å²) < 4.78 is 0. The Labute approximate surface area is 187 Å². The first-order chi connectivity index (χ1) is 14.9. The lowest BCUT2D eigenvalue weighted by Crippen LogP contribution is -2.48. The number of aromatic nitrogens is 2. The molecule has 3 aromatic rings. The summed E-state index contributed by atoms with van der Waals surface area (Å²) in [6.07, 6.45) is 0.651. The molecule has 1 aromatic heterocycles. The minimum atomic E-state index is -0.669. The van der Waals surface area contributed by atoms with E-state index in [1.54, 1.807) is 0 Å². The van der Waals surface area contributed by atoms with Crippen LogP contribution in [0.5, 0.6) is 0 Å².